The lowest BCUT2D eigenvalue weighted by Gasteiger charge is -1.97. The van der Waals surface area contributed by atoms with Crippen LogP contribution in [0.25, 0.3) is 22.4 Å². The van der Waals surface area contributed by atoms with Crippen LogP contribution >= 0.6 is 0 Å². The number of hydrogen-bond acceptors (Lipinski definition) is 5. The van der Waals surface area contributed by atoms with Gasteiger partial charge >= 0.3 is 5.97 Å². The predicted molar refractivity (Wildman–Crippen MR) is 79.5 cm³/mol. The largest absolute Gasteiger partial charge is 0.465 e. The van der Waals surface area contributed by atoms with Crippen molar-refractivity contribution in [2.24, 2.45) is 0 Å². The van der Waals surface area contributed by atoms with Crippen molar-refractivity contribution in [2.75, 3.05) is 7.11 Å². The highest BCUT2D eigenvalue weighted by Crippen LogP contribution is 2.23. The summed E-state index contributed by atoms with van der Waals surface area (Å²) in [4.78, 5) is 29.2. The van der Waals surface area contributed by atoms with E-state index in [2.05, 4.69) is 14.7 Å². The zero-order valence-corrected chi connectivity index (χ0v) is 11.6. The summed E-state index contributed by atoms with van der Waals surface area (Å²) < 4.78 is 4.68. The van der Waals surface area contributed by atoms with Crippen LogP contribution in [0.1, 0.15) is 10.4 Å². The van der Waals surface area contributed by atoms with Crippen LogP contribution in [0.15, 0.2) is 42.5 Å². The molecule has 7 heteroatoms. The Hall–Kier alpha value is -3.22. The number of rotatable bonds is 3. The molecule has 0 unspecified atom stereocenters. The van der Waals surface area contributed by atoms with Crippen LogP contribution < -0.4 is 0 Å². The zero-order valence-electron chi connectivity index (χ0n) is 11.6. The third-order valence-corrected chi connectivity index (χ3v) is 3.25. The molecule has 1 aromatic heterocycles. The summed E-state index contributed by atoms with van der Waals surface area (Å²) >= 11 is 0. The molecule has 0 aliphatic carbocycles. The molecule has 0 amide bonds. The second kappa shape index (κ2) is 5.28. The number of H-pyrrole nitrogens is 1. The van der Waals surface area contributed by atoms with Gasteiger partial charge in [0.1, 0.15) is 5.82 Å². The molecule has 1 heterocycles. The van der Waals surface area contributed by atoms with Gasteiger partial charge in [-0.25, -0.2) is 9.78 Å². The second-order valence-corrected chi connectivity index (χ2v) is 4.61. The molecule has 0 atom stereocenters. The molecule has 0 fully saturated rings. The molecule has 3 rings (SSSR count). The second-order valence-electron chi connectivity index (χ2n) is 4.61. The third kappa shape index (κ3) is 2.39. The Morgan fingerprint density at radius 1 is 1.23 bits per heavy atom. The first-order valence-corrected chi connectivity index (χ1v) is 6.41. The Bertz CT molecular complexity index is 868. The molecule has 7 nitrogen and oxygen atoms in total. The fourth-order valence-electron chi connectivity index (χ4n) is 2.13. The molecule has 0 saturated carbocycles. The van der Waals surface area contributed by atoms with Crippen LogP contribution in [0.2, 0.25) is 0 Å². The number of non-ortho nitro benzene ring substituents is 1. The van der Waals surface area contributed by atoms with E-state index < -0.39 is 10.9 Å². The number of carbonyl (C=O) groups is 1. The van der Waals surface area contributed by atoms with E-state index in [1.807, 2.05) is 0 Å². The smallest absolute Gasteiger partial charge is 0.337 e. The number of imidazole rings is 1. The summed E-state index contributed by atoms with van der Waals surface area (Å²) in [6, 6.07) is 11.1. The van der Waals surface area contributed by atoms with E-state index >= 15 is 0 Å². The Kier molecular flexibility index (Phi) is 3.30. The lowest BCUT2D eigenvalue weighted by molar-refractivity contribution is -0.384. The Morgan fingerprint density at radius 2 is 1.95 bits per heavy atom. The topological polar surface area (TPSA) is 98.1 Å². The molecule has 22 heavy (non-hydrogen) atoms. The molecular formula is C15H11N3O4. The van der Waals surface area contributed by atoms with Crippen LogP contribution in [-0.2, 0) is 4.74 Å². The van der Waals surface area contributed by atoms with Crippen molar-refractivity contribution in [1.29, 1.82) is 0 Å². The van der Waals surface area contributed by atoms with E-state index in [9.17, 15) is 14.9 Å². The number of nitro groups is 1. The third-order valence-electron chi connectivity index (χ3n) is 3.25. The number of methoxy groups -OCH3 is 1. The van der Waals surface area contributed by atoms with Crippen molar-refractivity contribution in [1.82, 2.24) is 9.97 Å². The number of fused-ring (bicyclic) bond motifs is 1. The first-order chi connectivity index (χ1) is 10.6. The quantitative estimate of drug-likeness (QED) is 0.455. The molecule has 0 aliphatic rings. The van der Waals surface area contributed by atoms with Crippen LogP contribution in [0.4, 0.5) is 5.69 Å². The maximum Gasteiger partial charge on any atom is 0.337 e. The highest BCUT2D eigenvalue weighted by atomic mass is 16.6. The van der Waals surface area contributed by atoms with Crippen LogP contribution in [0.5, 0.6) is 0 Å². The van der Waals surface area contributed by atoms with Crippen molar-refractivity contribution in [2.45, 2.75) is 0 Å². The zero-order chi connectivity index (χ0) is 15.7. The standard InChI is InChI=1S/C15H11N3O4/c1-22-15(19)10-4-7-12-13(8-10)17-14(16-12)9-2-5-11(6-3-9)18(20)21/h2-8H,1H3,(H,16,17). The SMILES string of the molecule is COC(=O)c1ccc2nc(-c3ccc([N+](=O)[O-])cc3)[nH]c2c1. The number of nitrogens with zero attached hydrogens (tertiary/aromatic N) is 2. The Balaban J connectivity index is 2.01. The molecule has 110 valence electrons. The summed E-state index contributed by atoms with van der Waals surface area (Å²) in [7, 11) is 1.32. The normalized spacial score (nSPS) is 10.6. The molecule has 0 aliphatic heterocycles. The Morgan fingerprint density at radius 3 is 2.59 bits per heavy atom. The number of carbonyl (C=O) groups excluding carboxylic acids is 1. The van der Waals surface area contributed by atoms with Gasteiger partial charge in [0, 0.05) is 17.7 Å². The number of benzene rings is 2. The summed E-state index contributed by atoms with van der Waals surface area (Å²) in [5, 5.41) is 10.7. The predicted octanol–water partition coefficient (Wildman–Crippen LogP) is 2.92. The van der Waals surface area contributed by atoms with Crippen molar-refractivity contribution in [3.05, 3.63) is 58.1 Å². The number of aromatic amines is 1. The highest BCUT2D eigenvalue weighted by molar-refractivity contribution is 5.94. The summed E-state index contributed by atoms with van der Waals surface area (Å²) in [5.41, 5.74) is 2.56. The van der Waals surface area contributed by atoms with Gasteiger partial charge in [0.25, 0.3) is 5.69 Å². The maximum atomic E-state index is 11.5. The van der Waals surface area contributed by atoms with Crippen molar-refractivity contribution < 1.29 is 14.5 Å². The number of nitro benzene ring substituents is 1. The van der Waals surface area contributed by atoms with Gasteiger partial charge in [-0.05, 0) is 30.3 Å². The maximum absolute atomic E-state index is 11.5. The van der Waals surface area contributed by atoms with Gasteiger partial charge < -0.3 is 9.72 Å². The molecule has 0 radical (unpaired) electrons. The monoisotopic (exact) mass is 297 g/mol. The van der Waals surface area contributed by atoms with E-state index in [1.165, 1.54) is 19.2 Å². The minimum Gasteiger partial charge on any atom is -0.465 e. The molecule has 0 spiro atoms. The number of esters is 1. The minimum atomic E-state index is -0.453. The van der Waals surface area contributed by atoms with Crippen molar-refractivity contribution in [3.8, 4) is 11.4 Å². The average molecular weight is 297 g/mol. The molecule has 0 saturated heterocycles. The number of aromatic nitrogens is 2. The van der Waals surface area contributed by atoms with Gasteiger partial charge in [-0.2, -0.15) is 0 Å². The van der Waals surface area contributed by atoms with Gasteiger partial charge in [0.05, 0.1) is 28.6 Å². The minimum absolute atomic E-state index is 0.0211. The number of hydrogen-bond donors (Lipinski definition) is 1. The van der Waals surface area contributed by atoms with E-state index in [-0.39, 0.29) is 5.69 Å². The van der Waals surface area contributed by atoms with Crippen LogP contribution in [0.3, 0.4) is 0 Å². The summed E-state index contributed by atoms with van der Waals surface area (Å²) in [5.74, 6) is 0.153. The number of ether oxygens (including phenoxy) is 1. The van der Waals surface area contributed by atoms with Gasteiger partial charge in [-0.15, -0.1) is 0 Å². The van der Waals surface area contributed by atoms with Gasteiger partial charge in [-0.1, -0.05) is 0 Å². The summed E-state index contributed by atoms with van der Waals surface area (Å²) in [6.45, 7) is 0. The average Bonchev–Trinajstić information content (AvgIpc) is 2.97. The molecule has 1 N–H and O–H groups in total. The molecular weight excluding hydrogens is 286 g/mol. The van der Waals surface area contributed by atoms with Crippen LogP contribution in [0, 0.1) is 10.1 Å². The first-order valence-electron chi connectivity index (χ1n) is 6.41. The van der Waals surface area contributed by atoms with E-state index in [0.717, 1.165) is 5.56 Å². The molecule has 2 aromatic carbocycles. The van der Waals surface area contributed by atoms with Crippen molar-refractivity contribution in [3.63, 3.8) is 0 Å². The molecule has 3 aromatic rings. The fraction of sp³-hybridized carbons (Fsp3) is 0.0667. The number of nitrogens with one attached hydrogen (secondary N) is 1. The van der Waals surface area contributed by atoms with Crippen LogP contribution in [-0.4, -0.2) is 28.0 Å². The lowest BCUT2D eigenvalue weighted by Crippen LogP contribution is -2.00. The Labute approximate surface area is 124 Å². The van der Waals surface area contributed by atoms with E-state index in [1.54, 1.807) is 30.3 Å². The van der Waals surface area contributed by atoms with Gasteiger partial charge in [0.15, 0.2) is 0 Å². The lowest BCUT2D eigenvalue weighted by atomic mass is 10.2. The van der Waals surface area contributed by atoms with Crippen molar-refractivity contribution >= 4 is 22.7 Å². The first kappa shape index (κ1) is 13.7. The fourth-order valence-corrected chi connectivity index (χ4v) is 2.13. The summed E-state index contributed by atoms with van der Waals surface area (Å²) in [6.07, 6.45) is 0. The van der Waals surface area contributed by atoms with E-state index in [4.69, 9.17) is 0 Å². The van der Waals surface area contributed by atoms with Gasteiger partial charge in [0.2, 0.25) is 0 Å². The van der Waals surface area contributed by atoms with Gasteiger partial charge in [-0.3, -0.25) is 10.1 Å². The highest BCUT2D eigenvalue weighted by Gasteiger charge is 2.11. The molecule has 0 bridgehead atoms. The van der Waals surface area contributed by atoms with E-state index in [0.29, 0.717) is 22.4 Å².